The topological polar surface area (TPSA) is 70.6 Å². The lowest BCUT2D eigenvalue weighted by molar-refractivity contribution is 0.0888. The Morgan fingerprint density at radius 2 is 1.90 bits per heavy atom. The second-order valence-corrected chi connectivity index (χ2v) is 4.97. The van der Waals surface area contributed by atoms with Gasteiger partial charge in [0.25, 0.3) is 0 Å². The fourth-order valence-electron chi connectivity index (χ4n) is 1.79. The highest BCUT2D eigenvalue weighted by molar-refractivity contribution is 5.77. The Morgan fingerprint density at radius 1 is 1.30 bits per heavy atom. The Hall–Kier alpha value is -1.75. The lowest BCUT2D eigenvalue weighted by atomic mass is 9.99. The maximum atomic E-state index is 10.6. The van der Waals surface area contributed by atoms with Crippen molar-refractivity contribution in [1.82, 2.24) is 10.6 Å². The maximum Gasteiger partial charge on any atom is 0.317 e. The number of carbonyl (C=O) groups excluding carboxylic acids is 1. The highest BCUT2D eigenvalue weighted by Crippen LogP contribution is 2.16. The number of hydrogen-bond donors (Lipinski definition) is 3. The molecule has 0 spiro atoms. The molecule has 0 aliphatic carbocycles. The third-order valence-corrected chi connectivity index (χ3v) is 3.57. The van der Waals surface area contributed by atoms with Crippen molar-refractivity contribution in [3.63, 3.8) is 0 Å². The second kappa shape index (κ2) is 7.14. The molecule has 0 bridgehead atoms. The van der Waals surface area contributed by atoms with Gasteiger partial charge in [0.15, 0.2) is 6.23 Å². The molecule has 5 nitrogen and oxygen atoms in total. The molecule has 0 radical (unpaired) electrons. The Bertz CT molecular complexity index is 410. The summed E-state index contributed by atoms with van der Waals surface area (Å²) in [6.45, 7) is 5.86. The number of aliphatic hydroxyl groups is 1. The minimum Gasteiger partial charge on any atom is -0.497 e. The van der Waals surface area contributed by atoms with E-state index >= 15 is 0 Å². The zero-order chi connectivity index (χ0) is 15.2. The van der Waals surface area contributed by atoms with E-state index in [1.165, 1.54) is 5.56 Å². The number of amides is 2. The number of aryl methyl sites for hydroxylation is 1. The summed E-state index contributed by atoms with van der Waals surface area (Å²) >= 11 is 0. The number of rotatable bonds is 3. The van der Waals surface area contributed by atoms with Gasteiger partial charge in [-0.25, -0.2) is 4.79 Å². The summed E-state index contributed by atoms with van der Waals surface area (Å²) in [5.41, 5.74) is 0.859. The van der Waals surface area contributed by atoms with Crippen LogP contribution in [0.25, 0.3) is 0 Å². The predicted molar refractivity (Wildman–Crippen MR) is 78.7 cm³/mol. The molecule has 0 aromatic heterocycles. The van der Waals surface area contributed by atoms with E-state index in [0.717, 1.165) is 12.2 Å². The Morgan fingerprint density at radius 3 is 2.20 bits per heavy atom. The first-order valence-electron chi connectivity index (χ1n) is 6.84. The van der Waals surface area contributed by atoms with Crippen LogP contribution in [0.15, 0.2) is 24.3 Å². The van der Waals surface area contributed by atoms with Crippen LogP contribution in [0.2, 0.25) is 0 Å². The van der Waals surface area contributed by atoms with Crippen molar-refractivity contribution in [2.75, 3.05) is 7.11 Å². The van der Waals surface area contributed by atoms with Gasteiger partial charge < -0.3 is 20.5 Å². The minimum absolute atomic E-state index is 0.295. The van der Waals surface area contributed by atoms with Crippen LogP contribution in [0.5, 0.6) is 5.75 Å². The molecule has 2 amide bonds. The summed E-state index contributed by atoms with van der Waals surface area (Å²) in [5, 5.41) is 14.2. The van der Waals surface area contributed by atoms with E-state index in [-0.39, 0.29) is 6.03 Å². The van der Waals surface area contributed by atoms with Gasteiger partial charge >= 0.3 is 6.03 Å². The normalized spacial score (nSPS) is 24.2. The number of urea groups is 1. The summed E-state index contributed by atoms with van der Waals surface area (Å²) in [4.78, 5) is 10.6. The lowest BCUT2D eigenvalue weighted by Gasteiger charge is -2.23. The fraction of sp³-hybridized carbons (Fsp3) is 0.533. The zero-order valence-corrected chi connectivity index (χ0v) is 12.6. The molecule has 112 valence electrons. The lowest BCUT2D eigenvalue weighted by Crippen LogP contribution is -2.45. The van der Waals surface area contributed by atoms with Crippen LogP contribution in [0.1, 0.15) is 32.8 Å². The highest BCUT2D eigenvalue weighted by Gasteiger charge is 2.39. The van der Waals surface area contributed by atoms with Gasteiger partial charge in [-0.15, -0.1) is 0 Å². The molecule has 1 aliphatic heterocycles. The number of carbonyl (C=O) groups is 1. The van der Waals surface area contributed by atoms with E-state index in [1.807, 2.05) is 19.1 Å². The molecule has 1 fully saturated rings. The van der Waals surface area contributed by atoms with Gasteiger partial charge in [0, 0.05) is 0 Å². The molecule has 1 aromatic rings. The summed E-state index contributed by atoms with van der Waals surface area (Å²) < 4.78 is 5.01. The van der Waals surface area contributed by atoms with Crippen molar-refractivity contribution < 1.29 is 14.6 Å². The molecule has 2 rings (SSSR count). The molecule has 5 heteroatoms. The van der Waals surface area contributed by atoms with Gasteiger partial charge in [0.1, 0.15) is 5.75 Å². The Kier molecular flexibility index (Phi) is 5.82. The van der Waals surface area contributed by atoms with E-state index in [4.69, 9.17) is 4.74 Å². The second-order valence-electron chi connectivity index (χ2n) is 4.97. The van der Waals surface area contributed by atoms with Crippen molar-refractivity contribution in [3.8, 4) is 5.75 Å². The zero-order valence-electron chi connectivity index (χ0n) is 12.6. The van der Waals surface area contributed by atoms with E-state index < -0.39 is 11.8 Å². The molecule has 1 heterocycles. The molecule has 1 saturated heterocycles. The fourth-order valence-corrected chi connectivity index (χ4v) is 1.79. The summed E-state index contributed by atoms with van der Waals surface area (Å²) in [5.74, 6) is 0.928. The Balaban J connectivity index is 0.000000200. The van der Waals surface area contributed by atoms with Crippen molar-refractivity contribution in [3.05, 3.63) is 29.8 Å². The monoisotopic (exact) mass is 280 g/mol. The first-order chi connectivity index (χ1) is 9.45. The molecule has 0 saturated carbocycles. The summed E-state index contributed by atoms with van der Waals surface area (Å²) in [6, 6.07) is 7.84. The predicted octanol–water partition coefficient (Wildman–Crippen LogP) is 2.04. The maximum absolute atomic E-state index is 10.6. The minimum atomic E-state index is -0.759. The van der Waals surface area contributed by atoms with Crippen LogP contribution in [0.4, 0.5) is 4.79 Å². The van der Waals surface area contributed by atoms with Crippen molar-refractivity contribution in [1.29, 1.82) is 0 Å². The van der Waals surface area contributed by atoms with Gasteiger partial charge in [0.05, 0.1) is 12.6 Å². The van der Waals surface area contributed by atoms with Gasteiger partial charge in [-0.2, -0.15) is 0 Å². The van der Waals surface area contributed by atoms with Crippen LogP contribution >= 0.6 is 0 Å². The smallest absolute Gasteiger partial charge is 0.317 e. The standard InChI is InChI=1S/C9H12O.C6H12N2O2/c1-3-8-4-6-9(10-2)7-5-8;1-3-6(2)4(9)7-5(10)8-6/h4-7H,3H2,1-2H3;4,9H,3H2,1-2H3,(H2,7,8,10). The largest absolute Gasteiger partial charge is 0.497 e. The number of ether oxygens (including phenoxy) is 1. The van der Waals surface area contributed by atoms with Crippen LogP contribution < -0.4 is 15.4 Å². The third kappa shape index (κ3) is 4.13. The molecule has 20 heavy (non-hydrogen) atoms. The first kappa shape index (κ1) is 16.3. The highest BCUT2D eigenvalue weighted by atomic mass is 16.5. The molecule has 3 N–H and O–H groups in total. The Labute approximate surface area is 120 Å². The van der Waals surface area contributed by atoms with Gasteiger partial charge in [-0.05, 0) is 37.5 Å². The van der Waals surface area contributed by atoms with E-state index in [2.05, 4.69) is 29.7 Å². The quantitative estimate of drug-likeness (QED) is 0.793. The van der Waals surface area contributed by atoms with Crippen LogP contribution in [0, 0.1) is 0 Å². The average Bonchev–Trinajstić information content (AvgIpc) is 2.73. The number of aliphatic hydroxyl groups excluding tert-OH is 1. The first-order valence-corrected chi connectivity index (χ1v) is 6.84. The van der Waals surface area contributed by atoms with Crippen LogP contribution in [-0.4, -0.2) is 30.0 Å². The SMILES string of the molecule is CCC1(C)NC(=O)NC1O.CCc1ccc(OC)cc1. The number of hydrogen-bond acceptors (Lipinski definition) is 3. The van der Waals surface area contributed by atoms with Crippen molar-refractivity contribution in [2.24, 2.45) is 0 Å². The van der Waals surface area contributed by atoms with Gasteiger partial charge in [0.2, 0.25) is 0 Å². The van der Waals surface area contributed by atoms with Crippen molar-refractivity contribution >= 4 is 6.03 Å². The summed E-state index contributed by atoms with van der Waals surface area (Å²) in [7, 11) is 1.68. The molecular formula is C15H24N2O3. The van der Waals surface area contributed by atoms with E-state index in [9.17, 15) is 9.90 Å². The molecule has 1 aromatic carbocycles. The number of nitrogens with one attached hydrogen (secondary N) is 2. The molecular weight excluding hydrogens is 256 g/mol. The van der Waals surface area contributed by atoms with E-state index in [1.54, 1.807) is 14.0 Å². The molecule has 2 atom stereocenters. The molecule has 1 aliphatic rings. The van der Waals surface area contributed by atoms with Crippen LogP contribution in [0.3, 0.4) is 0 Å². The van der Waals surface area contributed by atoms with Crippen molar-refractivity contribution in [2.45, 2.75) is 45.4 Å². The van der Waals surface area contributed by atoms with Gasteiger partial charge in [-0.1, -0.05) is 26.0 Å². The van der Waals surface area contributed by atoms with Crippen LogP contribution in [-0.2, 0) is 6.42 Å². The van der Waals surface area contributed by atoms with E-state index in [0.29, 0.717) is 6.42 Å². The number of benzene rings is 1. The third-order valence-electron chi connectivity index (χ3n) is 3.57. The summed E-state index contributed by atoms with van der Waals surface area (Å²) in [6.07, 6.45) is 1.04. The van der Waals surface area contributed by atoms with Gasteiger partial charge in [-0.3, -0.25) is 0 Å². The average molecular weight is 280 g/mol. The number of methoxy groups -OCH3 is 1. The molecule has 2 unspecified atom stereocenters.